The van der Waals surface area contributed by atoms with Crippen LogP contribution < -0.4 is 0 Å². The Bertz CT molecular complexity index is 4520. The van der Waals surface area contributed by atoms with Crippen LogP contribution in [0.15, 0.2) is 130 Å². The van der Waals surface area contributed by atoms with Gasteiger partial charge in [-0.2, -0.15) is 39.5 Å². The molecule has 11 rings (SSSR count). The second kappa shape index (κ2) is 29.9. The van der Waals surface area contributed by atoms with Crippen molar-refractivity contribution in [1.29, 1.82) is 0 Å². The van der Waals surface area contributed by atoms with Gasteiger partial charge in [-0.05, 0) is 135 Å². The highest BCUT2D eigenvalue weighted by Crippen LogP contribution is 2.53. The summed E-state index contributed by atoms with van der Waals surface area (Å²) in [4.78, 5) is 87.1. The minimum atomic E-state index is -4.96. The molecule has 6 aromatic carbocycles. The maximum atomic E-state index is 14.2. The van der Waals surface area contributed by atoms with E-state index in [2.05, 4.69) is 32.4 Å². The number of imide groups is 2. The molecule has 0 saturated heterocycles. The lowest BCUT2D eigenvalue weighted by molar-refractivity contribution is -0.276. The lowest BCUT2D eigenvalue weighted by Crippen LogP contribution is -2.42. The molecule has 0 saturated carbocycles. The first-order valence-corrected chi connectivity index (χ1v) is 31.8. The highest BCUT2D eigenvalue weighted by atomic mass is 35.5. The standard InChI is InChI=1S/C23H17Cl2F4N3O4.C23H18Cl2F4N2O3.C21H14Cl2F4N2O3/c1-11-5-13(3-4-15(11)21(34)32(10-33)19-6-12(2)30-35-19)18-9-22(36-31-18,23(27,28)29)14-7-16(24)20(26)17(25)8-14;1-11-5-13(3-4-16(11)20(32)9-15-6-12(2)30-33-15)19-10-22(34-31-19,23(27,28)29)14-7-17(24)21(26)18(25)8-14;1-3-29(10-30)19(31)14-5-4-12(6-11(14)2)17-9-20(32-28-17,21(25,26)27)13-7-15(22)18(24)16(23)8-13/h3-5,7-8,10,19H,6,9H2,1-2H3;3-5,7-8,15H,6,9-10H2,1-2H3;3-8,10H,1,9H2,2H3/t19?,22-;15?,22-;20-/m000/s1. The van der Waals surface area contributed by atoms with Gasteiger partial charge in [0, 0.05) is 71.7 Å². The largest absolute Gasteiger partial charge is 0.435 e. The molecule has 538 valence electrons. The zero-order valence-corrected chi connectivity index (χ0v) is 57.5. The summed E-state index contributed by atoms with van der Waals surface area (Å²) >= 11 is 34.3. The number of amides is 4. The molecule has 102 heavy (non-hydrogen) atoms. The fourth-order valence-electron chi connectivity index (χ4n) is 11.2. The number of nitrogens with zero attached hydrogens (tertiary/aromatic N) is 7. The smallest absolute Gasteiger partial charge is 0.392 e. The third-order valence-electron chi connectivity index (χ3n) is 16.6. The van der Waals surface area contributed by atoms with Crippen LogP contribution >= 0.6 is 69.6 Å². The minimum absolute atomic E-state index is 0.0131. The molecule has 0 aliphatic carbocycles. The maximum absolute atomic E-state index is 14.2. The molecule has 5 aliphatic heterocycles. The van der Waals surface area contributed by atoms with E-state index < -0.39 is 137 Å². The summed E-state index contributed by atoms with van der Waals surface area (Å²) < 4.78 is 169. The number of aryl methyl sites for hydroxylation is 3. The lowest BCUT2D eigenvalue weighted by atomic mass is 9.86. The monoisotopic (exact) mass is 1550 g/mol. The molecule has 5 atom stereocenters. The molecule has 0 spiro atoms. The number of Topliss-reactive ketones (excluding diaryl/α,β-unsaturated/α-hetero) is 1. The number of benzene rings is 6. The Morgan fingerprint density at radius 1 is 0.490 bits per heavy atom. The van der Waals surface area contributed by atoms with Crippen LogP contribution in [0.4, 0.5) is 52.7 Å². The highest BCUT2D eigenvalue weighted by Gasteiger charge is 2.65. The molecule has 5 heterocycles. The molecule has 5 aliphatic rings. The van der Waals surface area contributed by atoms with Crippen LogP contribution in [0.1, 0.15) is 134 Å². The summed E-state index contributed by atoms with van der Waals surface area (Å²) in [6, 6.07) is 17.9. The maximum Gasteiger partial charge on any atom is 0.435 e. The van der Waals surface area contributed by atoms with Crippen LogP contribution in [0.5, 0.6) is 0 Å². The Balaban J connectivity index is 0.000000178. The molecule has 2 unspecified atom stereocenters. The van der Waals surface area contributed by atoms with Gasteiger partial charge in [-0.3, -0.25) is 28.9 Å². The molecule has 0 N–H and O–H groups in total. The molecule has 0 bridgehead atoms. The minimum Gasteiger partial charge on any atom is -0.392 e. The average Bonchev–Trinajstić information content (AvgIpc) is 1.55. The van der Waals surface area contributed by atoms with Crippen molar-refractivity contribution in [2.75, 3.05) is 0 Å². The molecule has 0 aromatic heterocycles. The second-order valence-corrected chi connectivity index (χ2v) is 26.0. The number of halogens is 18. The van der Waals surface area contributed by atoms with Crippen molar-refractivity contribution < 1.29 is 101 Å². The van der Waals surface area contributed by atoms with Crippen molar-refractivity contribution in [3.05, 3.63) is 218 Å². The Morgan fingerprint density at radius 3 is 1.11 bits per heavy atom. The van der Waals surface area contributed by atoms with E-state index in [-0.39, 0.29) is 70.5 Å². The number of oxime groups is 5. The first kappa shape index (κ1) is 77.4. The molecule has 0 fully saturated rings. The predicted molar refractivity (Wildman–Crippen MR) is 352 cm³/mol. The Labute approximate surface area is 600 Å². The van der Waals surface area contributed by atoms with Gasteiger partial charge < -0.3 is 24.2 Å². The number of ketones is 1. The van der Waals surface area contributed by atoms with Crippen LogP contribution in [0, 0.1) is 38.2 Å². The average molecular weight is 1550 g/mol. The van der Waals surface area contributed by atoms with Gasteiger partial charge in [-0.25, -0.2) is 18.1 Å². The van der Waals surface area contributed by atoms with Crippen LogP contribution in [0.25, 0.3) is 0 Å². The van der Waals surface area contributed by atoms with E-state index >= 15 is 0 Å². The van der Waals surface area contributed by atoms with Crippen molar-refractivity contribution in [2.45, 2.75) is 121 Å². The van der Waals surface area contributed by atoms with E-state index in [1.54, 1.807) is 33.8 Å². The lowest BCUT2D eigenvalue weighted by Gasteiger charge is -2.29. The SMILES string of the molecule is C=CN(C=O)C(=O)c1ccc(C2=NO[C@@](c3cc(Cl)c(F)c(Cl)c3)(C(F)(F)F)C2)cc1C.CC1=NOC(CC(=O)c2ccc(C3=NO[C@@](c4cc(Cl)c(F)c(Cl)c4)(C(F)(F)F)C3)cc2C)C1.CC1=NOC(N(C=O)C(=O)c2ccc(C3=NO[C@@](c4cc(Cl)c(F)c(Cl)c4)(C(F)(F)F)C3)cc2C)C1. The highest BCUT2D eigenvalue weighted by molar-refractivity contribution is 6.36. The summed E-state index contributed by atoms with van der Waals surface area (Å²) in [6.07, 6.45) is -15.6. The Kier molecular flexibility index (Phi) is 22.7. The number of rotatable bonds is 15. The summed E-state index contributed by atoms with van der Waals surface area (Å²) in [5.74, 6) is -4.59. The zero-order valence-electron chi connectivity index (χ0n) is 53.0. The summed E-state index contributed by atoms with van der Waals surface area (Å²) in [7, 11) is 0. The van der Waals surface area contributed by atoms with E-state index in [4.69, 9.17) is 93.8 Å². The molecule has 35 heteroatoms. The van der Waals surface area contributed by atoms with E-state index in [1.165, 1.54) is 48.5 Å². The van der Waals surface area contributed by atoms with Crippen LogP contribution in [-0.4, -0.2) is 99.6 Å². The molecule has 0 radical (unpaired) electrons. The van der Waals surface area contributed by atoms with E-state index in [1.807, 2.05) is 6.92 Å². The van der Waals surface area contributed by atoms with Crippen molar-refractivity contribution in [3.8, 4) is 0 Å². The molecular formula is C67H49Cl6F12N7O10. The van der Waals surface area contributed by atoms with Gasteiger partial charge >= 0.3 is 18.5 Å². The summed E-state index contributed by atoms with van der Waals surface area (Å²) in [5, 5.41) is 15.0. The zero-order chi connectivity index (χ0) is 75.1. The third-order valence-corrected chi connectivity index (χ3v) is 18.3. The predicted octanol–water partition coefficient (Wildman–Crippen LogP) is 18.3. The van der Waals surface area contributed by atoms with Crippen molar-refractivity contribution in [3.63, 3.8) is 0 Å². The topological polar surface area (TPSA) is 200 Å². The second-order valence-electron chi connectivity index (χ2n) is 23.5. The summed E-state index contributed by atoms with van der Waals surface area (Å²) in [5.41, 5.74) is -6.01. The number of alkyl halides is 9. The van der Waals surface area contributed by atoms with Crippen LogP contribution in [0.3, 0.4) is 0 Å². The summed E-state index contributed by atoms with van der Waals surface area (Å²) in [6.45, 7) is 11.7. The fourth-order valence-corrected chi connectivity index (χ4v) is 12.6. The van der Waals surface area contributed by atoms with Gasteiger partial charge in [0.2, 0.25) is 19.0 Å². The Hall–Kier alpha value is -8.74. The first-order chi connectivity index (χ1) is 47.7. The third kappa shape index (κ3) is 15.3. The molecule has 17 nitrogen and oxygen atoms in total. The number of carbonyl (C=O) groups excluding carboxylic acids is 5. The number of carbonyl (C=O) groups is 5. The van der Waals surface area contributed by atoms with E-state index in [9.17, 15) is 76.7 Å². The van der Waals surface area contributed by atoms with Gasteiger partial charge in [0.15, 0.2) is 23.2 Å². The van der Waals surface area contributed by atoms with Crippen LogP contribution in [0.2, 0.25) is 30.1 Å². The van der Waals surface area contributed by atoms with E-state index in [0.29, 0.717) is 46.4 Å². The quantitative estimate of drug-likeness (QED) is 0.0412. The molecule has 6 aromatic rings. The molecular weight excluding hydrogens is 1500 g/mol. The normalized spacial score (nSPS) is 20.6. The van der Waals surface area contributed by atoms with Crippen molar-refractivity contribution in [1.82, 2.24) is 9.80 Å². The molecule has 4 amide bonds. The van der Waals surface area contributed by atoms with Crippen LogP contribution in [-0.2, 0) is 50.6 Å². The van der Waals surface area contributed by atoms with Gasteiger partial charge in [0.05, 0.1) is 65.1 Å². The number of hydrogen-bond donors (Lipinski definition) is 0. The van der Waals surface area contributed by atoms with Gasteiger partial charge in [-0.15, -0.1) is 0 Å². The van der Waals surface area contributed by atoms with Gasteiger partial charge in [-0.1, -0.05) is 126 Å². The van der Waals surface area contributed by atoms with Gasteiger partial charge in [0.25, 0.3) is 28.6 Å². The van der Waals surface area contributed by atoms with Crippen molar-refractivity contribution in [2.24, 2.45) is 25.8 Å². The number of hydrogen-bond acceptors (Lipinski definition) is 15. The van der Waals surface area contributed by atoms with Crippen molar-refractivity contribution >= 4 is 129 Å². The van der Waals surface area contributed by atoms with E-state index in [0.717, 1.165) is 58.1 Å². The Morgan fingerprint density at radius 2 is 0.824 bits per heavy atom. The van der Waals surface area contributed by atoms with Gasteiger partial charge in [0.1, 0.15) is 6.10 Å². The first-order valence-electron chi connectivity index (χ1n) is 29.6. The fraction of sp³-hybridized carbons (Fsp3) is 0.284.